The van der Waals surface area contributed by atoms with E-state index in [1.807, 2.05) is 30.3 Å². The second kappa shape index (κ2) is 7.41. The van der Waals surface area contributed by atoms with Crippen molar-refractivity contribution in [3.8, 4) is 6.07 Å². The number of amides is 1. The maximum Gasteiger partial charge on any atom is 0.229 e. The van der Waals surface area contributed by atoms with E-state index in [1.54, 1.807) is 16.7 Å². The number of anilines is 1. The smallest absolute Gasteiger partial charge is 0.229 e. The molecule has 4 nitrogen and oxygen atoms in total. The first kappa shape index (κ1) is 18.1. The van der Waals surface area contributed by atoms with Crippen LogP contribution < -0.4 is 4.90 Å². The molecule has 2 heterocycles. The molecule has 0 bridgehead atoms. The molecule has 6 heteroatoms. The first-order valence-electron chi connectivity index (χ1n) is 8.71. The molecule has 0 saturated carbocycles. The van der Waals surface area contributed by atoms with Crippen LogP contribution in [0.25, 0.3) is 0 Å². The molecule has 0 radical (unpaired) electrons. The fourth-order valence-electron chi connectivity index (χ4n) is 3.53. The van der Waals surface area contributed by atoms with E-state index in [9.17, 15) is 10.1 Å². The summed E-state index contributed by atoms with van der Waals surface area (Å²) in [4.78, 5) is 16.9. The fourth-order valence-corrected chi connectivity index (χ4v) is 4.96. The number of allylic oxidation sites excluding steroid dienone is 1. The Bertz CT molecular complexity index is 964. The van der Waals surface area contributed by atoms with Crippen molar-refractivity contribution < 1.29 is 4.79 Å². The topological polar surface area (TPSA) is 47.3 Å². The van der Waals surface area contributed by atoms with Crippen molar-refractivity contribution in [2.45, 2.75) is 19.3 Å². The van der Waals surface area contributed by atoms with E-state index in [-0.39, 0.29) is 11.8 Å². The van der Waals surface area contributed by atoms with Crippen molar-refractivity contribution in [2.24, 2.45) is 0 Å². The quantitative estimate of drug-likeness (QED) is 0.661. The van der Waals surface area contributed by atoms with Crippen molar-refractivity contribution in [1.29, 1.82) is 5.26 Å². The predicted octanol–water partition coefficient (Wildman–Crippen LogP) is 4.98. The zero-order valence-electron chi connectivity index (χ0n) is 14.9. The Morgan fingerprint density at radius 3 is 2.70 bits per heavy atom. The highest BCUT2D eigenvalue weighted by Gasteiger charge is 2.38. The van der Waals surface area contributed by atoms with Gasteiger partial charge < -0.3 is 4.90 Å². The number of rotatable bonds is 2. The lowest BCUT2D eigenvalue weighted by Gasteiger charge is -2.42. The Morgan fingerprint density at radius 2 is 2.00 bits per heavy atom. The highest BCUT2D eigenvalue weighted by molar-refractivity contribution is 9.10. The summed E-state index contributed by atoms with van der Waals surface area (Å²) < 4.78 is 0.988. The molecule has 0 N–H and O–H groups in total. The number of nitrogens with zero attached hydrogens (tertiary/aromatic N) is 3. The Labute approximate surface area is 171 Å². The molecular weight excluding hydrogens is 422 g/mol. The summed E-state index contributed by atoms with van der Waals surface area (Å²) in [5.41, 5.74) is 4.00. The van der Waals surface area contributed by atoms with Crippen molar-refractivity contribution in [2.75, 3.05) is 17.4 Å². The summed E-state index contributed by atoms with van der Waals surface area (Å²) in [5, 5.41) is 10.7. The third-order valence-corrected chi connectivity index (χ3v) is 6.62. The largest absolute Gasteiger partial charge is 0.344 e. The summed E-state index contributed by atoms with van der Waals surface area (Å²) in [6.45, 7) is 2.55. The lowest BCUT2D eigenvalue weighted by Crippen LogP contribution is -2.47. The fraction of sp³-hybridized carbons (Fsp3) is 0.238. The van der Waals surface area contributed by atoms with E-state index < -0.39 is 0 Å². The van der Waals surface area contributed by atoms with Gasteiger partial charge in [0, 0.05) is 22.5 Å². The summed E-state index contributed by atoms with van der Waals surface area (Å²) in [5.74, 6) is 0.627. The highest BCUT2D eigenvalue weighted by Crippen LogP contribution is 2.43. The molecule has 4 rings (SSSR count). The van der Waals surface area contributed by atoms with Gasteiger partial charge >= 0.3 is 0 Å². The zero-order chi connectivity index (χ0) is 19.0. The molecule has 0 unspecified atom stereocenters. The molecule has 27 heavy (non-hydrogen) atoms. The number of halogens is 1. The molecule has 0 aromatic heterocycles. The Balaban J connectivity index is 1.66. The van der Waals surface area contributed by atoms with Gasteiger partial charge in [-0.3, -0.25) is 9.69 Å². The van der Waals surface area contributed by atoms with Crippen LogP contribution in [-0.2, 0) is 4.79 Å². The van der Waals surface area contributed by atoms with Crippen LogP contribution in [0.2, 0.25) is 0 Å². The second-order valence-corrected chi connectivity index (χ2v) is 8.60. The van der Waals surface area contributed by atoms with Gasteiger partial charge in [-0.1, -0.05) is 52.0 Å². The van der Waals surface area contributed by atoms with Crippen LogP contribution in [-0.4, -0.2) is 23.4 Å². The minimum absolute atomic E-state index is 0.0711. The third kappa shape index (κ3) is 3.50. The lowest BCUT2D eigenvalue weighted by molar-refractivity contribution is -0.129. The third-order valence-electron chi connectivity index (χ3n) is 4.93. The standard InChI is InChI=1S/C21H18BrN3OS/c1-14-3-2-4-17(9-14)24-12-25-20(26)10-18(15-5-7-16(22)8-6-15)19(11-23)21(25)27-13-24/h2-9,18H,10,12-13H2,1H3/t18-/m1/s1. The Kier molecular flexibility index (Phi) is 4.98. The van der Waals surface area contributed by atoms with Gasteiger partial charge in [0.15, 0.2) is 0 Å². The number of fused-ring (bicyclic) bond motifs is 1. The average molecular weight is 440 g/mol. The highest BCUT2D eigenvalue weighted by atomic mass is 79.9. The van der Waals surface area contributed by atoms with Crippen LogP contribution >= 0.6 is 27.7 Å². The SMILES string of the molecule is Cc1cccc(N2CSC3=C(C#N)[C@@H](c4ccc(Br)cc4)CC(=O)N3C2)c1. The van der Waals surface area contributed by atoms with Gasteiger partial charge in [-0.15, -0.1) is 0 Å². The molecule has 1 atom stereocenters. The van der Waals surface area contributed by atoms with E-state index in [4.69, 9.17) is 0 Å². The number of hydrogen-bond acceptors (Lipinski definition) is 4. The van der Waals surface area contributed by atoms with Gasteiger partial charge in [-0.25, -0.2) is 0 Å². The first-order chi connectivity index (χ1) is 13.1. The molecule has 1 amide bonds. The predicted molar refractivity (Wildman–Crippen MR) is 112 cm³/mol. The lowest BCUT2D eigenvalue weighted by atomic mass is 9.86. The number of thioether (sulfide) groups is 1. The maximum absolute atomic E-state index is 12.9. The summed E-state index contributed by atoms with van der Waals surface area (Å²) in [6, 6.07) is 18.6. The Hall–Kier alpha value is -2.23. The minimum atomic E-state index is -0.167. The maximum atomic E-state index is 12.9. The van der Waals surface area contributed by atoms with E-state index >= 15 is 0 Å². The van der Waals surface area contributed by atoms with E-state index in [2.05, 4.69) is 52.0 Å². The van der Waals surface area contributed by atoms with Crippen molar-refractivity contribution in [3.63, 3.8) is 0 Å². The molecule has 2 aliphatic heterocycles. The number of hydrogen-bond donors (Lipinski definition) is 0. The minimum Gasteiger partial charge on any atom is -0.344 e. The second-order valence-electron chi connectivity index (χ2n) is 6.75. The van der Waals surface area contributed by atoms with Gasteiger partial charge in [-0.05, 0) is 42.3 Å². The van der Waals surface area contributed by atoms with Crippen LogP contribution in [0.4, 0.5) is 5.69 Å². The molecule has 2 aromatic rings. The molecule has 2 aromatic carbocycles. The Morgan fingerprint density at radius 1 is 1.22 bits per heavy atom. The van der Waals surface area contributed by atoms with Gasteiger partial charge in [-0.2, -0.15) is 5.26 Å². The molecule has 0 spiro atoms. The van der Waals surface area contributed by atoms with Crippen molar-refractivity contribution >= 4 is 39.3 Å². The van der Waals surface area contributed by atoms with Crippen molar-refractivity contribution in [3.05, 3.63) is 74.7 Å². The number of benzene rings is 2. The average Bonchev–Trinajstić information content (AvgIpc) is 2.68. The van der Waals surface area contributed by atoms with E-state index in [0.29, 0.717) is 18.7 Å². The van der Waals surface area contributed by atoms with Gasteiger partial charge in [0.2, 0.25) is 5.91 Å². The van der Waals surface area contributed by atoms with Crippen LogP contribution in [0.1, 0.15) is 23.5 Å². The molecular formula is C21H18BrN3OS. The number of carbonyl (C=O) groups is 1. The van der Waals surface area contributed by atoms with Gasteiger partial charge in [0.05, 0.1) is 29.2 Å². The number of carbonyl (C=O) groups excluding carboxylic acids is 1. The van der Waals surface area contributed by atoms with Crippen LogP contribution in [0.5, 0.6) is 0 Å². The molecule has 1 saturated heterocycles. The monoisotopic (exact) mass is 439 g/mol. The first-order valence-corrected chi connectivity index (χ1v) is 10.5. The number of nitriles is 1. The van der Waals surface area contributed by atoms with Gasteiger partial charge in [0.1, 0.15) is 0 Å². The normalized spacial score (nSPS) is 19.7. The van der Waals surface area contributed by atoms with Crippen LogP contribution in [0, 0.1) is 18.3 Å². The van der Waals surface area contributed by atoms with Crippen LogP contribution in [0.15, 0.2) is 63.6 Å². The molecule has 0 aliphatic carbocycles. The van der Waals surface area contributed by atoms with E-state index in [0.717, 1.165) is 26.6 Å². The molecule has 136 valence electrons. The summed E-state index contributed by atoms with van der Waals surface area (Å²) in [6.07, 6.45) is 0.330. The van der Waals surface area contributed by atoms with Crippen molar-refractivity contribution in [1.82, 2.24) is 4.90 Å². The summed E-state index contributed by atoms with van der Waals surface area (Å²) >= 11 is 5.01. The van der Waals surface area contributed by atoms with Crippen LogP contribution in [0.3, 0.4) is 0 Å². The molecule has 2 aliphatic rings. The summed E-state index contributed by atoms with van der Waals surface area (Å²) in [7, 11) is 0. The number of aryl methyl sites for hydroxylation is 1. The van der Waals surface area contributed by atoms with E-state index in [1.165, 1.54) is 5.56 Å². The zero-order valence-corrected chi connectivity index (χ0v) is 17.3. The van der Waals surface area contributed by atoms with Gasteiger partial charge in [0.25, 0.3) is 0 Å². The molecule has 1 fully saturated rings.